The maximum Gasteiger partial charge on any atom is 0.117 e. The van der Waals surface area contributed by atoms with Crippen LogP contribution in [0.1, 0.15) is 38.0 Å². The van der Waals surface area contributed by atoms with E-state index in [1.54, 1.807) is 0 Å². The molecule has 0 spiro atoms. The van der Waals surface area contributed by atoms with Crippen molar-refractivity contribution in [2.45, 2.75) is 40.0 Å². The summed E-state index contributed by atoms with van der Waals surface area (Å²) in [4.78, 5) is 7.76. The van der Waals surface area contributed by atoms with Crippen molar-refractivity contribution in [3.63, 3.8) is 0 Å². The lowest BCUT2D eigenvalue weighted by Gasteiger charge is -2.36. The Balaban J connectivity index is 0.000000461. The summed E-state index contributed by atoms with van der Waals surface area (Å²) in [6.07, 6.45) is 0. The quantitative estimate of drug-likeness (QED) is 0.748. The first-order valence-electron chi connectivity index (χ1n) is 5.23. The van der Waals surface area contributed by atoms with Gasteiger partial charge in [-0.1, -0.05) is 13.8 Å². The summed E-state index contributed by atoms with van der Waals surface area (Å²) in [6, 6.07) is 0. The smallest absolute Gasteiger partial charge is 0.117 e. The number of nitrogens with one attached hydrogen (secondary N) is 1. The van der Waals surface area contributed by atoms with E-state index < -0.39 is 0 Å². The average Bonchev–Trinajstić information content (AvgIpc) is 2.47. The zero-order valence-electron chi connectivity index (χ0n) is 9.77. The van der Waals surface area contributed by atoms with Gasteiger partial charge in [-0.25, -0.2) is 4.98 Å². The van der Waals surface area contributed by atoms with Gasteiger partial charge in [0, 0.05) is 5.69 Å². The normalized spacial score (nSPS) is 18.1. The third kappa shape index (κ3) is 1.82. The molecule has 2 heterocycles. The molecule has 1 saturated heterocycles. The Morgan fingerprint density at radius 2 is 1.86 bits per heavy atom. The first-order valence-corrected chi connectivity index (χ1v) is 5.23. The van der Waals surface area contributed by atoms with Crippen LogP contribution in [0.2, 0.25) is 0 Å². The van der Waals surface area contributed by atoms with Gasteiger partial charge in [-0.05, 0) is 20.8 Å². The van der Waals surface area contributed by atoms with E-state index in [0.29, 0.717) is 0 Å². The molecular weight excluding hydrogens is 176 g/mol. The van der Waals surface area contributed by atoms with Crippen molar-refractivity contribution >= 4 is 0 Å². The van der Waals surface area contributed by atoms with E-state index in [9.17, 15) is 0 Å². The van der Waals surface area contributed by atoms with Gasteiger partial charge in [0.25, 0.3) is 0 Å². The molecule has 0 aliphatic carbocycles. The van der Waals surface area contributed by atoms with E-state index in [2.05, 4.69) is 23.8 Å². The number of nitrogens with zero attached hydrogens (tertiary/aromatic N) is 1. The number of aromatic nitrogens is 2. The van der Waals surface area contributed by atoms with Crippen LogP contribution < -0.4 is 0 Å². The Labute approximate surface area is 85.9 Å². The summed E-state index contributed by atoms with van der Waals surface area (Å²) < 4.78 is 5.18. The number of ether oxygens (including phenoxy) is 1. The Morgan fingerprint density at radius 1 is 1.29 bits per heavy atom. The zero-order chi connectivity index (χ0) is 10.8. The summed E-state index contributed by atoms with van der Waals surface area (Å²) >= 11 is 0. The molecule has 1 fully saturated rings. The number of rotatable bonds is 1. The van der Waals surface area contributed by atoms with Crippen molar-refractivity contribution in [3.05, 3.63) is 17.2 Å². The Morgan fingerprint density at radius 3 is 2.14 bits per heavy atom. The van der Waals surface area contributed by atoms with Crippen molar-refractivity contribution in [2.75, 3.05) is 13.2 Å². The van der Waals surface area contributed by atoms with Crippen LogP contribution in [0.25, 0.3) is 0 Å². The van der Waals surface area contributed by atoms with E-state index in [1.807, 2.05) is 20.8 Å². The highest BCUT2D eigenvalue weighted by Gasteiger charge is 2.38. The van der Waals surface area contributed by atoms with Gasteiger partial charge in [0.1, 0.15) is 5.82 Å². The summed E-state index contributed by atoms with van der Waals surface area (Å²) in [6.45, 7) is 11.8. The van der Waals surface area contributed by atoms with E-state index in [-0.39, 0.29) is 5.41 Å². The van der Waals surface area contributed by atoms with Crippen LogP contribution >= 0.6 is 0 Å². The van der Waals surface area contributed by atoms with Crippen molar-refractivity contribution in [3.8, 4) is 0 Å². The molecule has 1 aliphatic rings. The Kier molecular flexibility index (Phi) is 3.32. The lowest BCUT2D eigenvalue weighted by molar-refractivity contribution is -0.0540. The van der Waals surface area contributed by atoms with E-state index in [0.717, 1.165) is 30.4 Å². The molecule has 2 rings (SSSR count). The highest BCUT2D eigenvalue weighted by Crippen LogP contribution is 2.29. The highest BCUT2D eigenvalue weighted by molar-refractivity contribution is 5.18. The molecule has 0 unspecified atom stereocenters. The molecule has 0 bridgehead atoms. The molecule has 0 radical (unpaired) electrons. The highest BCUT2D eigenvalue weighted by atomic mass is 16.5. The Bertz CT molecular complexity index is 281. The second kappa shape index (κ2) is 4.13. The number of aromatic amines is 1. The fraction of sp³-hybridized carbons (Fsp3) is 0.727. The van der Waals surface area contributed by atoms with Crippen LogP contribution in [0, 0.1) is 13.8 Å². The van der Waals surface area contributed by atoms with E-state index in [1.165, 1.54) is 0 Å². The predicted molar refractivity (Wildman–Crippen MR) is 57.6 cm³/mol. The Hall–Kier alpha value is -0.830. The first kappa shape index (κ1) is 11.2. The summed E-state index contributed by atoms with van der Waals surface area (Å²) in [5, 5.41) is 0. The van der Waals surface area contributed by atoms with E-state index in [4.69, 9.17) is 4.74 Å². The summed E-state index contributed by atoms with van der Waals surface area (Å²) in [7, 11) is 0. The van der Waals surface area contributed by atoms with Crippen LogP contribution in [0.5, 0.6) is 0 Å². The number of H-pyrrole nitrogens is 1. The molecule has 1 aromatic heterocycles. The van der Waals surface area contributed by atoms with Gasteiger partial charge in [-0.2, -0.15) is 0 Å². The van der Waals surface area contributed by atoms with Crippen molar-refractivity contribution in [1.82, 2.24) is 9.97 Å². The third-order valence-electron chi connectivity index (χ3n) is 2.54. The van der Waals surface area contributed by atoms with Crippen molar-refractivity contribution in [1.29, 1.82) is 0 Å². The predicted octanol–water partition coefficient (Wildman–Crippen LogP) is 2.34. The molecule has 1 aliphatic heterocycles. The first-order chi connectivity index (χ1) is 6.62. The second-order valence-electron chi connectivity index (χ2n) is 3.85. The fourth-order valence-corrected chi connectivity index (χ4v) is 1.38. The van der Waals surface area contributed by atoms with Crippen LogP contribution in [0.15, 0.2) is 0 Å². The molecule has 80 valence electrons. The SMILES string of the molecule is CC.Cc1nc(C2(C)COC2)[nH]c1C. The number of aryl methyl sites for hydroxylation is 2. The van der Waals surface area contributed by atoms with E-state index >= 15 is 0 Å². The van der Waals surface area contributed by atoms with Gasteiger partial charge < -0.3 is 9.72 Å². The van der Waals surface area contributed by atoms with Crippen LogP contribution in [-0.2, 0) is 10.2 Å². The monoisotopic (exact) mass is 196 g/mol. The lowest BCUT2D eigenvalue weighted by Crippen LogP contribution is -2.44. The van der Waals surface area contributed by atoms with Gasteiger partial charge in [0.15, 0.2) is 0 Å². The molecule has 3 nitrogen and oxygen atoms in total. The van der Waals surface area contributed by atoms with Crippen LogP contribution in [0.4, 0.5) is 0 Å². The van der Waals surface area contributed by atoms with Gasteiger partial charge in [0.2, 0.25) is 0 Å². The van der Waals surface area contributed by atoms with Crippen LogP contribution in [0.3, 0.4) is 0 Å². The molecule has 0 atom stereocenters. The minimum atomic E-state index is 0.138. The van der Waals surface area contributed by atoms with Gasteiger partial charge in [-0.3, -0.25) is 0 Å². The number of hydrogen-bond donors (Lipinski definition) is 1. The number of imidazole rings is 1. The zero-order valence-corrected chi connectivity index (χ0v) is 9.77. The molecule has 14 heavy (non-hydrogen) atoms. The molecule has 1 N–H and O–H groups in total. The maximum absolute atomic E-state index is 5.18. The minimum absolute atomic E-state index is 0.138. The second-order valence-corrected chi connectivity index (χ2v) is 3.85. The third-order valence-corrected chi connectivity index (χ3v) is 2.54. The summed E-state index contributed by atoms with van der Waals surface area (Å²) in [5.74, 6) is 1.07. The standard InChI is InChI=1S/C9H14N2O.C2H6/c1-6-7(2)11-8(10-6)9(3)4-12-5-9;1-2/h4-5H2,1-3H3,(H,10,11);1-2H3. The molecule has 0 amide bonds. The number of hydrogen-bond acceptors (Lipinski definition) is 2. The fourth-order valence-electron chi connectivity index (χ4n) is 1.38. The molecule has 3 heteroatoms. The minimum Gasteiger partial charge on any atom is -0.379 e. The molecule has 0 aromatic carbocycles. The van der Waals surface area contributed by atoms with Gasteiger partial charge in [0.05, 0.1) is 24.3 Å². The largest absolute Gasteiger partial charge is 0.379 e. The average molecular weight is 196 g/mol. The maximum atomic E-state index is 5.18. The van der Waals surface area contributed by atoms with Gasteiger partial charge in [-0.15, -0.1) is 0 Å². The van der Waals surface area contributed by atoms with Crippen molar-refractivity contribution < 1.29 is 4.74 Å². The molecule has 1 aromatic rings. The van der Waals surface area contributed by atoms with Gasteiger partial charge >= 0.3 is 0 Å². The molecule has 0 saturated carbocycles. The summed E-state index contributed by atoms with van der Waals surface area (Å²) in [5.41, 5.74) is 2.40. The topological polar surface area (TPSA) is 37.9 Å². The molecular formula is C11H20N2O. The van der Waals surface area contributed by atoms with Crippen molar-refractivity contribution in [2.24, 2.45) is 0 Å². The lowest BCUT2D eigenvalue weighted by atomic mass is 9.88. The van der Waals surface area contributed by atoms with Crippen LogP contribution in [-0.4, -0.2) is 23.2 Å².